The van der Waals surface area contributed by atoms with Crippen LogP contribution in [0.3, 0.4) is 0 Å². The van der Waals surface area contributed by atoms with E-state index < -0.39 is 38.6 Å². The number of hydrogen-bond acceptors (Lipinski definition) is 3. The molecule has 0 saturated heterocycles. The first kappa shape index (κ1) is 12.8. The second-order valence-electron chi connectivity index (χ2n) is 2.86. The molecule has 3 nitrogen and oxygen atoms in total. The maximum Gasteiger partial charge on any atom is 0.446 e. The highest BCUT2D eigenvalue weighted by Gasteiger charge is 2.31. The summed E-state index contributed by atoms with van der Waals surface area (Å²) in [4.78, 5) is 8.89. The topological polar surface area (TPSA) is 43.1 Å². The molecule has 0 fully saturated rings. The number of hydrogen-bond donors (Lipinski definition) is 0. The molecule has 0 N–H and O–H groups in total. The Labute approximate surface area is 91.6 Å². The van der Waals surface area contributed by atoms with E-state index in [0.717, 1.165) is 6.92 Å². The van der Waals surface area contributed by atoms with Gasteiger partial charge >= 0.3 is 5.51 Å². The number of thioether (sulfide) groups is 1. The number of non-ortho nitro benzene ring substituents is 1. The molecule has 0 aliphatic heterocycles. The van der Waals surface area contributed by atoms with Crippen LogP contribution in [0.2, 0.25) is 0 Å². The third kappa shape index (κ3) is 3.09. The van der Waals surface area contributed by atoms with Crippen molar-refractivity contribution in [1.29, 1.82) is 0 Å². The lowest BCUT2D eigenvalue weighted by molar-refractivity contribution is -0.385. The van der Waals surface area contributed by atoms with Gasteiger partial charge in [0.15, 0.2) is 0 Å². The number of nitro groups is 1. The second kappa shape index (κ2) is 4.28. The van der Waals surface area contributed by atoms with E-state index in [2.05, 4.69) is 0 Å². The van der Waals surface area contributed by atoms with Crippen molar-refractivity contribution in [3.05, 3.63) is 33.6 Å². The Morgan fingerprint density at radius 3 is 2.38 bits per heavy atom. The van der Waals surface area contributed by atoms with E-state index in [9.17, 15) is 27.7 Å². The van der Waals surface area contributed by atoms with E-state index in [-0.39, 0.29) is 5.56 Å². The van der Waals surface area contributed by atoms with Crippen molar-refractivity contribution in [2.24, 2.45) is 0 Å². The van der Waals surface area contributed by atoms with Gasteiger partial charge in [0.2, 0.25) is 0 Å². The predicted molar refractivity (Wildman–Crippen MR) is 49.7 cm³/mol. The van der Waals surface area contributed by atoms with Crippen molar-refractivity contribution in [3.63, 3.8) is 0 Å². The summed E-state index contributed by atoms with van der Waals surface area (Å²) in [7, 11) is 0. The van der Waals surface area contributed by atoms with E-state index in [4.69, 9.17) is 0 Å². The van der Waals surface area contributed by atoms with Crippen LogP contribution in [0.1, 0.15) is 5.56 Å². The van der Waals surface area contributed by atoms with Gasteiger partial charge in [0.1, 0.15) is 5.82 Å². The molecule has 0 heterocycles. The maximum absolute atomic E-state index is 13.1. The summed E-state index contributed by atoms with van der Waals surface area (Å²) >= 11 is -0.571. The molecule has 0 bridgehead atoms. The standard InChI is InChI=1S/C8H5F4NO2S/c1-4-6(9)2-5(13(14)15)3-7(4)16-8(10,11)12/h2-3H,1H3. The van der Waals surface area contributed by atoms with E-state index in [0.29, 0.717) is 12.1 Å². The fourth-order valence-electron chi connectivity index (χ4n) is 0.976. The van der Waals surface area contributed by atoms with E-state index in [1.54, 1.807) is 0 Å². The van der Waals surface area contributed by atoms with E-state index >= 15 is 0 Å². The Morgan fingerprint density at radius 2 is 1.94 bits per heavy atom. The van der Waals surface area contributed by atoms with Gasteiger partial charge in [-0.2, -0.15) is 13.2 Å². The number of rotatable bonds is 2. The zero-order valence-corrected chi connectivity index (χ0v) is 8.66. The summed E-state index contributed by atoms with van der Waals surface area (Å²) in [5, 5.41) is 10.3. The van der Waals surface area contributed by atoms with Gasteiger partial charge in [-0.3, -0.25) is 10.1 Å². The Kier molecular flexibility index (Phi) is 3.41. The lowest BCUT2D eigenvalue weighted by atomic mass is 10.2. The molecule has 0 unspecified atom stereocenters. The minimum atomic E-state index is -4.60. The van der Waals surface area contributed by atoms with Crippen molar-refractivity contribution >= 4 is 17.4 Å². The van der Waals surface area contributed by atoms with Gasteiger partial charge in [-0.1, -0.05) is 0 Å². The third-order valence-electron chi connectivity index (χ3n) is 1.72. The molecule has 1 aromatic rings. The highest BCUT2D eigenvalue weighted by Crippen LogP contribution is 2.40. The summed E-state index contributed by atoms with van der Waals surface area (Å²) in [5.41, 5.74) is -5.56. The van der Waals surface area contributed by atoms with Crippen molar-refractivity contribution in [2.45, 2.75) is 17.3 Å². The normalized spacial score (nSPS) is 11.6. The molecule has 1 aromatic carbocycles. The molecule has 0 saturated carbocycles. The van der Waals surface area contributed by atoms with Crippen LogP contribution in [-0.2, 0) is 0 Å². The highest BCUT2D eigenvalue weighted by atomic mass is 32.2. The van der Waals surface area contributed by atoms with Crippen LogP contribution in [0.4, 0.5) is 23.2 Å². The first-order valence-corrected chi connectivity index (χ1v) is 4.72. The molecule has 0 spiro atoms. The molecule has 16 heavy (non-hydrogen) atoms. The summed E-state index contributed by atoms with van der Waals surface area (Å²) in [5.74, 6) is -1.03. The summed E-state index contributed by atoms with van der Waals surface area (Å²) in [6.45, 7) is 1.13. The average Bonchev–Trinajstić information content (AvgIpc) is 2.10. The van der Waals surface area contributed by atoms with Crippen molar-refractivity contribution in [1.82, 2.24) is 0 Å². The molecule has 0 aromatic heterocycles. The number of alkyl halides is 3. The Bertz CT molecular complexity index is 433. The molecule has 0 atom stereocenters. The minimum absolute atomic E-state index is 0.257. The Balaban J connectivity index is 3.22. The largest absolute Gasteiger partial charge is 0.446 e. The maximum atomic E-state index is 13.1. The zero-order chi connectivity index (χ0) is 12.5. The zero-order valence-electron chi connectivity index (χ0n) is 7.84. The van der Waals surface area contributed by atoms with Gasteiger partial charge in [-0.15, -0.1) is 0 Å². The average molecular weight is 255 g/mol. The lowest BCUT2D eigenvalue weighted by Crippen LogP contribution is -2.02. The summed E-state index contributed by atoms with van der Waals surface area (Å²) in [6.07, 6.45) is 0. The number of nitro benzene ring substituents is 1. The minimum Gasteiger partial charge on any atom is -0.258 e. The predicted octanol–water partition coefficient (Wildman–Crippen LogP) is 3.65. The number of nitrogens with zero attached hydrogens (tertiary/aromatic N) is 1. The SMILES string of the molecule is Cc1c(F)cc([N+](=O)[O-])cc1SC(F)(F)F. The molecule has 0 aliphatic carbocycles. The van der Waals surface area contributed by atoms with E-state index in [1.165, 1.54) is 0 Å². The molecule has 8 heteroatoms. The van der Waals surface area contributed by atoms with Crippen molar-refractivity contribution in [3.8, 4) is 0 Å². The Hall–Kier alpha value is -1.31. The molecular formula is C8H5F4NO2S. The van der Waals surface area contributed by atoms with Crippen LogP contribution in [0, 0.1) is 22.9 Å². The number of halogens is 4. The quantitative estimate of drug-likeness (QED) is 0.350. The van der Waals surface area contributed by atoms with Crippen LogP contribution < -0.4 is 0 Å². The monoisotopic (exact) mass is 255 g/mol. The van der Waals surface area contributed by atoms with Gasteiger partial charge in [0.25, 0.3) is 5.69 Å². The van der Waals surface area contributed by atoms with Crippen molar-refractivity contribution < 1.29 is 22.5 Å². The third-order valence-corrected chi connectivity index (χ3v) is 2.59. The second-order valence-corrected chi connectivity index (χ2v) is 3.96. The fourth-order valence-corrected chi connectivity index (χ4v) is 1.66. The first-order valence-electron chi connectivity index (χ1n) is 3.91. The van der Waals surface area contributed by atoms with Gasteiger partial charge in [0, 0.05) is 11.0 Å². The summed E-state index contributed by atoms with van der Waals surface area (Å²) < 4.78 is 49.3. The van der Waals surface area contributed by atoms with Gasteiger partial charge in [-0.25, -0.2) is 4.39 Å². The summed E-state index contributed by atoms with van der Waals surface area (Å²) in [6, 6.07) is 1.30. The fraction of sp³-hybridized carbons (Fsp3) is 0.250. The van der Waals surface area contributed by atoms with Gasteiger partial charge in [-0.05, 0) is 24.2 Å². The Morgan fingerprint density at radius 1 is 1.38 bits per heavy atom. The molecule has 0 amide bonds. The molecule has 0 aliphatic rings. The van der Waals surface area contributed by atoms with Gasteiger partial charge in [0.05, 0.1) is 11.0 Å². The first-order chi connectivity index (χ1) is 7.20. The van der Waals surface area contributed by atoms with Crippen LogP contribution in [0.15, 0.2) is 17.0 Å². The van der Waals surface area contributed by atoms with Crippen molar-refractivity contribution in [2.75, 3.05) is 0 Å². The van der Waals surface area contributed by atoms with Gasteiger partial charge < -0.3 is 0 Å². The molecular weight excluding hydrogens is 250 g/mol. The number of benzene rings is 1. The molecule has 0 radical (unpaired) electrons. The lowest BCUT2D eigenvalue weighted by Gasteiger charge is -2.08. The molecule has 1 rings (SSSR count). The van der Waals surface area contributed by atoms with Crippen LogP contribution in [0.5, 0.6) is 0 Å². The smallest absolute Gasteiger partial charge is 0.258 e. The van der Waals surface area contributed by atoms with E-state index in [1.807, 2.05) is 0 Å². The van der Waals surface area contributed by atoms with Crippen LogP contribution in [0.25, 0.3) is 0 Å². The molecule has 88 valence electrons. The van der Waals surface area contributed by atoms with Crippen LogP contribution >= 0.6 is 11.8 Å². The van der Waals surface area contributed by atoms with Crippen LogP contribution in [-0.4, -0.2) is 10.4 Å². The highest BCUT2D eigenvalue weighted by molar-refractivity contribution is 8.00.